The summed E-state index contributed by atoms with van der Waals surface area (Å²) < 4.78 is 0. The summed E-state index contributed by atoms with van der Waals surface area (Å²) in [5.41, 5.74) is 0. The van der Waals surface area contributed by atoms with Crippen LogP contribution >= 0.6 is 0 Å². The number of β-lactam (4-membered cyclic amide) rings is 1. The Balaban J connectivity index is 2.42. The van der Waals surface area contributed by atoms with E-state index in [0.29, 0.717) is 12.5 Å². The topological polar surface area (TPSA) is 40.5 Å². The van der Waals surface area contributed by atoms with Gasteiger partial charge < -0.3 is 10.0 Å². The van der Waals surface area contributed by atoms with Crippen LogP contribution in [0.4, 0.5) is 0 Å². The van der Waals surface area contributed by atoms with Gasteiger partial charge in [0.15, 0.2) is 0 Å². The van der Waals surface area contributed by atoms with E-state index in [1.54, 1.807) is 11.9 Å². The lowest BCUT2D eigenvalue weighted by Gasteiger charge is -2.42. The third kappa shape index (κ3) is 0.904. The summed E-state index contributed by atoms with van der Waals surface area (Å²) in [6.45, 7) is 2.12. The highest BCUT2D eigenvalue weighted by Crippen LogP contribution is 2.26. The van der Waals surface area contributed by atoms with Crippen LogP contribution in [0.1, 0.15) is 13.3 Å². The molecule has 0 aliphatic carbocycles. The van der Waals surface area contributed by atoms with Gasteiger partial charge in [-0.25, -0.2) is 0 Å². The van der Waals surface area contributed by atoms with Crippen molar-refractivity contribution in [2.45, 2.75) is 19.4 Å². The zero-order valence-electron chi connectivity index (χ0n) is 6.37. The number of hydrogen-bond donors (Lipinski definition) is 1. The second kappa shape index (κ2) is 2.58. The van der Waals surface area contributed by atoms with E-state index in [1.165, 1.54) is 0 Å². The lowest BCUT2D eigenvalue weighted by molar-refractivity contribution is -0.153. The highest BCUT2D eigenvalue weighted by atomic mass is 16.3. The van der Waals surface area contributed by atoms with Crippen molar-refractivity contribution in [3.05, 3.63) is 0 Å². The Labute approximate surface area is 60.6 Å². The summed E-state index contributed by atoms with van der Waals surface area (Å²) in [5, 5.41) is 8.55. The molecule has 1 rings (SSSR count). The largest absolute Gasteiger partial charge is 0.396 e. The Hall–Kier alpha value is -0.570. The molecule has 1 fully saturated rings. The molecule has 1 aliphatic heterocycles. The lowest BCUT2D eigenvalue weighted by atomic mass is 9.87. The van der Waals surface area contributed by atoms with E-state index in [9.17, 15) is 4.79 Å². The number of hydrogen-bond acceptors (Lipinski definition) is 2. The summed E-state index contributed by atoms with van der Waals surface area (Å²) in [4.78, 5) is 12.7. The molecule has 2 unspecified atom stereocenters. The maximum absolute atomic E-state index is 11.0. The van der Waals surface area contributed by atoms with Crippen molar-refractivity contribution in [3.8, 4) is 0 Å². The molecule has 1 amide bonds. The molecule has 0 bridgehead atoms. The van der Waals surface area contributed by atoms with Crippen molar-refractivity contribution < 1.29 is 9.90 Å². The molecular formula is C7H13NO2. The molecule has 0 spiro atoms. The van der Waals surface area contributed by atoms with Crippen LogP contribution in [0.5, 0.6) is 0 Å². The fourth-order valence-electron chi connectivity index (χ4n) is 1.36. The summed E-state index contributed by atoms with van der Waals surface area (Å²) in [6.07, 6.45) is 0.615. The summed E-state index contributed by atoms with van der Waals surface area (Å²) in [5.74, 6) is 0.247. The van der Waals surface area contributed by atoms with Crippen molar-refractivity contribution in [2.24, 2.45) is 5.92 Å². The van der Waals surface area contributed by atoms with Crippen LogP contribution < -0.4 is 0 Å². The molecule has 58 valence electrons. The fourth-order valence-corrected chi connectivity index (χ4v) is 1.36. The van der Waals surface area contributed by atoms with Gasteiger partial charge in [-0.15, -0.1) is 0 Å². The van der Waals surface area contributed by atoms with Crippen molar-refractivity contribution in [1.29, 1.82) is 0 Å². The van der Waals surface area contributed by atoms with Gasteiger partial charge in [0, 0.05) is 19.7 Å². The number of carbonyl (C=O) groups excluding carboxylic acids is 1. The van der Waals surface area contributed by atoms with Crippen LogP contribution in [0.15, 0.2) is 0 Å². The Morgan fingerprint density at radius 2 is 2.30 bits per heavy atom. The van der Waals surface area contributed by atoms with Gasteiger partial charge in [0.05, 0.1) is 5.92 Å². The number of nitrogens with zero attached hydrogens (tertiary/aromatic N) is 1. The number of carbonyl (C=O) groups is 1. The van der Waals surface area contributed by atoms with Crippen molar-refractivity contribution >= 4 is 5.91 Å². The van der Waals surface area contributed by atoms with Gasteiger partial charge >= 0.3 is 0 Å². The molecule has 0 aromatic rings. The van der Waals surface area contributed by atoms with Gasteiger partial charge in [-0.1, -0.05) is 0 Å². The first-order chi connectivity index (χ1) is 4.68. The number of aliphatic hydroxyl groups excluding tert-OH is 1. The summed E-state index contributed by atoms with van der Waals surface area (Å²) in [6, 6.07) is 0.319. The molecule has 10 heavy (non-hydrogen) atoms. The maximum Gasteiger partial charge on any atom is 0.227 e. The van der Waals surface area contributed by atoms with Gasteiger partial charge in [-0.2, -0.15) is 0 Å². The molecule has 1 N–H and O–H groups in total. The van der Waals surface area contributed by atoms with E-state index in [0.717, 1.165) is 0 Å². The van der Waals surface area contributed by atoms with Gasteiger partial charge in [0.1, 0.15) is 0 Å². The molecule has 1 heterocycles. The minimum atomic E-state index is 0.0787. The highest BCUT2D eigenvalue weighted by molar-refractivity contribution is 5.85. The SMILES string of the molecule is CC1C(CCO)C(=O)N1C. The number of aliphatic hydroxyl groups is 1. The lowest BCUT2D eigenvalue weighted by Crippen LogP contribution is -2.57. The summed E-state index contributed by atoms with van der Waals surface area (Å²) >= 11 is 0. The van der Waals surface area contributed by atoms with Crippen LogP contribution in [0.3, 0.4) is 0 Å². The van der Waals surface area contributed by atoms with Crippen molar-refractivity contribution in [2.75, 3.05) is 13.7 Å². The molecule has 1 saturated heterocycles. The van der Waals surface area contributed by atoms with Gasteiger partial charge in [-0.05, 0) is 13.3 Å². The third-order valence-electron chi connectivity index (χ3n) is 2.30. The molecule has 0 aromatic heterocycles. The van der Waals surface area contributed by atoms with Crippen LogP contribution in [0, 0.1) is 5.92 Å². The first-order valence-electron chi connectivity index (χ1n) is 3.56. The van der Waals surface area contributed by atoms with E-state index in [1.807, 2.05) is 6.92 Å². The average Bonchev–Trinajstić information content (AvgIpc) is 1.98. The zero-order chi connectivity index (χ0) is 7.72. The highest BCUT2D eigenvalue weighted by Gasteiger charge is 2.40. The van der Waals surface area contributed by atoms with E-state index in [2.05, 4.69) is 0 Å². The smallest absolute Gasteiger partial charge is 0.227 e. The Kier molecular flexibility index (Phi) is 1.94. The molecule has 0 saturated carbocycles. The van der Waals surface area contributed by atoms with Crippen LogP contribution in [-0.2, 0) is 4.79 Å². The molecule has 0 radical (unpaired) electrons. The predicted molar refractivity (Wildman–Crippen MR) is 37.4 cm³/mol. The molecular weight excluding hydrogens is 130 g/mol. The minimum Gasteiger partial charge on any atom is -0.396 e. The van der Waals surface area contributed by atoms with Crippen LogP contribution in [0.2, 0.25) is 0 Å². The molecule has 3 nitrogen and oxygen atoms in total. The first kappa shape index (κ1) is 7.54. The Morgan fingerprint density at radius 1 is 1.70 bits per heavy atom. The quantitative estimate of drug-likeness (QED) is 0.546. The van der Waals surface area contributed by atoms with Crippen LogP contribution in [-0.4, -0.2) is 35.6 Å². The van der Waals surface area contributed by atoms with Gasteiger partial charge in [-0.3, -0.25) is 4.79 Å². The average molecular weight is 143 g/mol. The first-order valence-corrected chi connectivity index (χ1v) is 3.56. The second-order valence-corrected chi connectivity index (χ2v) is 2.81. The van der Waals surface area contributed by atoms with E-state index in [4.69, 9.17) is 5.11 Å². The van der Waals surface area contributed by atoms with Crippen LogP contribution in [0.25, 0.3) is 0 Å². The summed E-state index contributed by atoms with van der Waals surface area (Å²) in [7, 11) is 1.79. The molecule has 2 atom stereocenters. The number of amides is 1. The van der Waals surface area contributed by atoms with Gasteiger partial charge in [0.25, 0.3) is 0 Å². The zero-order valence-corrected chi connectivity index (χ0v) is 6.37. The number of likely N-dealkylation sites (tertiary alicyclic amines) is 1. The van der Waals surface area contributed by atoms with E-state index >= 15 is 0 Å². The number of rotatable bonds is 2. The monoisotopic (exact) mass is 143 g/mol. The maximum atomic E-state index is 11.0. The van der Waals surface area contributed by atoms with Crippen molar-refractivity contribution in [3.63, 3.8) is 0 Å². The van der Waals surface area contributed by atoms with E-state index in [-0.39, 0.29) is 18.4 Å². The normalized spacial score (nSPS) is 32.3. The predicted octanol–water partition coefficient (Wildman–Crippen LogP) is -0.155. The second-order valence-electron chi connectivity index (χ2n) is 2.81. The third-order valence-corrected chi connectivity index (χ3v) is 2.30. The molecule has 1 aliphatic rings. The standard InChI is InChI=1S/C7H13NO2/c1-5-6(3-4-9)7(10)8(5)2/h5-6,9H,3-4H2,1-2H3. The minimum absolute atomic E-state index is 0.0787. The molecule has 3 heteroatoms. The van der Waals surface area contributed by atoms with Gasteiger partial charge in [0.2, 0.25) is 5.91 Å². The van der Waals surface area contributed by atoms with E-state index < -0.39 is 0 Å². The Morgan fingerprint density at radius 3 is 2.70 bits per heavy atom. The fraction of sp³-hybridized carbons (Fsp3) is 0.857. The van der Waals surface area contributed by atoms with Crippen molar-refractivity contribution in [1.82, 2.24) is 4.90 Å². The Bertz CT molecular complexity index is 147. The molecule has 0 aromatic carbocycles.